The van der Waals surface area contributed by atoms with Crippen molar-refractivity contribution in [3.63, 3.8) is 0 Å². The molecule has 2 saturated heterocycles. The third-order valence-electron chi connectivity index (χ3n) is 5.49. The quantitative estimate of drug-likeness (QED) is 0.670. The first-order chi connectivity index (χ1) is 15.3. The Labute approximate surface area is 185 Å². The Morgan fingerprint density at radius 3 is 2.06 bits per heavy atom. The van der Waals surface area contributed by atoms with Crippen molar-refractivity contribution in [2.75, 3.05) is 27.2 Å². The maximum atomic E-state index is 11.9. The van der Waals surface area contributed by atoms with Gasteiger partial charge in [0.25, 0.3) is 23.6 Å². The molecule has 0 spiro atoms. The lowest BCUT2D eigenvalue weighted by Crippen LogP contribution is -2.42. The molecule has 2 fully saturated rings. The van der Waals surface area contributed by atoms with Gasteiger partial charge >= 0.3 is 6.09 Å². The van der Waals surface area contributed by atoms with Crippen LogP contribution in [0.4, 0.5) is 4.79 Å². The molecule has 1 aromatic rings. The van der Waals surface area contributed by atoms with Gasteiger partial charge in [-0.15, -0.1) is 5.06 Å². The lowest BCUT2D eigenvalue weighted by atomic mass is 9.93. The van der Waals surface area contributed by atoms with Crippen LogP contribution in [0.3, 0.4) is 0 Å². The molecule has 1 atom stereocenters. The number of hydroxylamine groups is 4. The fourth-order valence-electron chi connectivity index (χ4n) is 3.76. The van der Waals surface area contributed by atoms with Gasteiger partial charge in [0, 0.05) is 38.8 Å². The summed E-state index contributed by atoms with van der Waals surface area (Å²) in [6, 6.07) is 8.17. The van der Waals surface area contributed by atoms with Gasteiger partial charge in [-0.05, 0) is 24.6 Å². The summed E-state index contributed by atoms with van der Waals surface area (Å²) >= 11 is 0. The number of carbonyl (C=O) groups excluding carboxylic acids is 5. The second-order valence-corrected chi connectivity index (χ2v) is 7.55. The molecule has 3 aliphatic rings. The first kappa shape index (κ1) is 23.4. The van der Waals surface area contributed by atoms with Gasteiger partial charge in [-0.2, -0.15) is 5.06 Å². The van der Waals surface area contributed by atoms with E-state index in [9.17, 15) is 24.0 Å². The molecule has 32 heavy (non-hydrogen) atoms. The number of rotatable bonds is 4. The van der Waals surface area contributed by atoms with E-state index >= 15 is 0 Å². The fraction of sp³-hybridized carbons (Fsp3) is 0.476. The number of hydrogen-bond donors (Lipinski definition) is 1. The molecular formula is C21H26N4O7. The second-order valence-electron chi connectivity index (χ2n) is 7.55. The minimum atomic E-state index is -0.787. The summed E-state index contributed by atoms with van der Waals surface area (Å²) in [7, 11) is 3.31. The van der Waals surface area contributed by atoms with Gasteiger partial charge in [0.05, 0.1) is 13.2 Å². The van der Waals surface area contributed by atoms with E-state index < -0.39 is 17.9 Å². The van der Waals surface area contributed by atoms with Gasteiger partial charge in [0.1, 0.15) is 0 Å². The monoisotopic (exact) mass is 446 g/mol. The number of benzene rings is 1. The summed E-state index contributed by atoms with van der Waals surface area (Å²) in [5, 5.41) is 3.98. The van der Waals surface area contributed by atoms with Gasteiger partial charge in [-0.1, -0.05) is 24.3 Å². The molecule has 0 saturated carbocycles. The molecule has 1 aromatic carbocycles. The van der Waals surface area contributed by atoms with Crippen molar-refractivity contribution in [3.8, 4) is 0 Å². The van der Waals surface area contributed by atoms with E-state index in [4.69, 9.17) is 4.84 Å². The van der Waals surface area contributed by atoms with E-state index in [1.165, 1.54) is 18.2 Å². The third-order valence-corrected chi connectivity index (χ3v) is 5.49. The van der Waals surface area contributed by atoms with Crippen LogP contribution in [0.5, 0.6) is 0 Å². The summed E-state index contributed by atoms with van der Waals surface area (Å²) in [6.45, 7) is 1.25. The molecule has 0 bridgehead atoms. The van der Waals surface area contributed by atoms with Gasteiger partial charge < -0.3 is 10.2 Å². The van der Waals surface area contributed by atoms with Crippen LogP contribution < -0.4 is 5.32 Å². The van der Waals surface area contributed by atoms with Gasteiger partial charge in [-0.3, -0.25) is 28.9 Å². The lowest BCUT2D eigenvalue weighted by Gasteiger charge is -2.34. The highest BCUT2D eigenvalue weighted by molar-refractivity contribution is 6.01. The SMILES string of the molecule is CN1CCc2ccccc2C1CNC(=O)ON1C(=O)CCC1=O.CON1C(=O)CCC1=O. The minimum Gasteiger partial charge on any atom is -0.318 e. The first-order valence-corrected chi connectivity index (χ1v) is 10.3. The van der Waals surface area contributed by atoms with Gasteiger partial charge in [0.2, 0.25) is 0 Å². The number of carbonyl (C=O) groups is 5. The Morgan fingerprint density at radius 1 is 0.938 bits per heavy atom. The van der Waals surface area contributed by atoms with E-state index in [2.05, 4.69) is 27.2 Å². The number of nitrogens with one attached hydrogen (secondary N) is 1. The van der Waals surface area contributed by atoms with Crippen molar-refractivity contribution in [1.82, 2.24) is 20.3 Å². The standard InChI is InChI=1S/C16H19N3O4.C5H7NO3/c1-18-9-8-11-4-2-3-5-12(11)13(18)10-17-16(22)23-19-14(20)6-7-15(19)21;1-9-6-4(7)2-3-5(6)8/h2-5,13H,6-10H2,1H3,(H,17,22);2-3H2,1H3. The van der Waals surface area contributed by atoms with Crippen LogP contribution in [0.1, 0.15) is 42.9 Å². The molecule has 0 aromatic heterocycles. The molecule has 0 aliphatic carbocycles. The Hall–Kier alpha value is -3.31. The molecule has 172 valence electrons. The smallest absolute Gasteiger partial charge is 0.318 e. The number of nitrogens with zero attached hydrogens (tertiary/aromatic N) is 3. The van der Waals surface area contributed by atoms with E-state index in [0.717, 1.165) is 18.0 Å². The maximum Gasteiger partial charge on any atom is 0.432 e. The first-order valence-electron chi connectivity index (χ1n) is 10.3. The van der Waals surface area contributed by atoms with Crippen LogP contribution in [0.15, 0.2) is 24.3 Å². The number of imide groups is 2. The number of hydrogen-bond acceptors (Lipinski definition) is 8. The normalized spacial score (nSPS) is 20.8. The van der Waals surface area contributed by atoms with Crippen LogP contribution in [0.2, 0.25) is 0 Å². The van der Waals surface area contributed by atoms with Gasteiger partial charge in [0.15, 0.2) is 0 Å². The molecule has 5 amide bonds. The molecule has 3 heterocycles. The largest absolute Gasteiger partial charge is 0.432 e. The van der Waals surface area contributed by atoms with E-state index in [-0.39, 0.29) is 43.5 Å². The highest BCUT2D eigenvalue weighted by Crippen LogP contribution is 2.27. The number of likely N-dealkylation sites (N-methyl/N-ethyl adjacent to an activating group) is 1. The third kappa shape index (κ3) is 5.29. The Kier molecular flexibility index (Phi) is 7.54. The predicted molar refractivity (Wildman–Crippen MR) is 109 cm³/mol. The molecule has 3 aliphatic heterocycles. The van der Waals surface area contributed by atoms with Crippen LogP contribution in [-0.4, -0.2) is 72.0 Å². The Bertz CT molecular complexity index is 887. The van der Waals surface area contributed by atoms with Crippen molar-refractivity contribution < 1.29 is 33.6 Å². The summed E-state index contributed by atoms with van der Waals surface area (Å²) in [5.41, 5.74) is 2.45. The van der Waals surface area contributed by atoms with Crippen molar-refractivity contribution in [2.45, 2.75) is 38.1 Å². The second kappa shape index (κ2) is 10.3. The number of fused-ring (bicyclic) bond motifs is 1. The maximum absolute atomic E-state index is 11.9. The molecule has 4 rings (SSSR count). The molecular weight excluding hydrogens is 420 g/mol. The average Bonchev–Trinajstić information content (AvgIpc) is 3.28. The Balaban J connectivity index is 0.000000269. The molecule has 1 N–H and O–H groups in total. The molecule has 11 nitrogen and oxygen atoms in total. The Morgan fingerprint density at radius 2 is 1.50 bits per heavy atom. The zero-order valence-corrected chi connectivity index (χ0v) is 18.0. The van der Waals surface area contributed by atoms with Crippen LogP contribution in [0.25, 0.3) is 0 Å². The van der Waals surface area contributed by atoms with Crippen LogP contribution in [-0.2, 0) is 35.3 Å². The predicted octanol–water partition coefficient (Wildman–Crippen LogP) is 0.703. The molecule has 0 radical (unpaired) electrons. The molecule has 1 unspecified atom stereocenters. The summed E-state index contributed by atoms with van der Waals surface area (Å²) in [5.74, 6) is -1.46. The van der Waals surface area contributed by atoms with Crippen molar-refractivity contribution >= 4 is 29.7 Å². The van der Waals surface area contributed by atoms with Crippen LogP contribution in [0, 0.1) is 0 Å². The summed E-state index contributed by atoms with van der Waals surface area (Å²) in [6.07, 6.45) is 0.935. The van der Waals surface area contributed by atoms with Crippen LogP contribution >= 0.6 is 0 Å². The zero-order valence-electron chi connectivity index (χ0n) is 18.0. The topological polar surface area (TPSA) is 126 Å². The van der Waals surface area contributed by atoms with E-state index in [1.54, 1.807) is 0 Å². The van der Waals surface area contributed by atoms with E-state index in [0.29, 0.717) is 11.6 Å². The minimum absolute atomic E-state index is 0.0393. The van der Waals surface area contributed by atoms with Crippen molar-refractivity contribution in [3.05, 3.63) is 35.4 Å². The van der Waals surface area contributed by atoms with Gasteiger partial charge in [-0.25, -0.2) is 4.79 Å². The van der Waals surface area contributed by atoms with Crippen molar-refractivity contribution in [2.24, 2.45) is 0 Å². The molecule has 11 heteroatoms. The summed E-state index contributed by atoms with van der Waals surface area (Å²) in [4.78, 5) is 67.4. The zero-order chi connectivity index (χ0) is 23.3. The highest BCUT2D eigenvalue weighted by Gasteiger charge is 2.33. The summed E-state index contributed by atoms with van der Waals surface area (Å²) < 4.78 is 0. The fourth-order valence-corrected chi connectivity index (χ4v) is 3.76. The average molecular weight is 446 g/mol. The van der Waals surface area contributed by atoms with Crippen molar-refractivity contribution in [1.29, 1.82) is 0 Å². The number of amides is 5. The lowest BCUT2D eigenvalue weighted by molar-refractivity contribution is -0.179. The highest BCUT2D eigenvalue weighted by atomic mass is 16.7. The van der Waals surface area contributed by atoms with E-state index in [1.807, 2.05) is 19.2 Å².